The lowest BCUT2D eigenvalue weighted by molar-refractivity contribution is 0.237. The molecule has 2 fully saturated rings. The average Bonchev–Trinajstić information content (AvgIpc) is 2.31. The van der Waals surface area contributed by atoms with E-state index in [1.165, 1.54) is 32.5 Å². The van der Waals surface area contributed by atoms with Crippen molar-refractivity contribution in [3.63, 3.8) is 0 Å². The number of thiol groups is 1. The maximum Gasteiger partial charge on any atom is 0.0367 e. The van der Waals surface area contributed by atoms with E-state index in [2.05, 4.69) is 29.1 Å². The number of likely N-dealkylation sites (tertiary alicyclic amines) is 1. The van der Waals surface area contributed by atoms with E-state index in [0.29, 0.717) is 0 Å². The number of nitrogens with zero attached hydrogens (tertiary/aromatic N) is 2. The molecule has 0 N–H and O–H groups in total. The van der Waals surface area contributed by atoms with Crippen LogP contribution in [0.25, 0.3) is 0 Å². The quantitative estimate of drug-likeness (QED) is 0.541. The Morgan fingerprint density at radius 1 is 1.36 bits per heavy atom. The number of hydrogen-bond acceptors (Lipinski definition) is 3. The van der Waals surface area contributed by atoms with E-state index < -0.39 is 0 Å². The second kappa shape index (κ2) is 2.96. The van der Waals surface area contributed by atoms with Crippen LogP contribution in [0.3, 0.4) is 0 Å². The summed E-state index contributed by atoms with van der Waals surface area (Å²) in [6.45, 7) is 3.67. The highest BCUT2D eigenvalue weighted by Gasteiger charge is 2.36. The zero-order valence-electron chi connectivity index (χ0n) is 7.03. The lowest BCUT2D eigenvalue weighted by atomic mass is 9.94. The first-order chi connectivity index (χ1) is 5.27. The Kier molecular flexibility index (Phi) is 2.12. The molecule has 0 bridgehead atoms. The van der Waals surface area contributed by atoms with Gasteiger partial charge in [-0.25, -0.2) is 4.31 Å². The van der Waals surface area contributed by atoms with Crippen LogP contribution < -0.4 is 0 Å². The smallest absolute Gasteiger partial charge is 0.0367 e. The zero-order valence-corrected chi connectivity index (χ0v) is 7.93. The molecule has 0 saturated carbocycles. The molecule has 0 aromatic carbocycles. The molecule has 0 spiro atoms. The van der Waals surface area contributed by atoms with E-state index in [-0.39, 0.29) is 0 Å². The van der Waals surface area contributed by atoms with E-state index in [1.54, 1.807) is 0 Å². The minimum Gasteiger partial charge on any atom is -0.304 e. The van der Waals surface area contributed by atoms with Crippen molar-refractivity contribution in [2.24, 2.45) is 5.92 Å². The number of fused-ring (bicyclic) bond motifs is 1. The van der Waals surface area contributed by atoms with E-state index in [9.17, 15) is 0 Å². The number of rotatable bonds is 0. The van der Waals surface area contributed by atoms with Crippen LogP contribution in [-0.4, -0.2) is 41.9 Å². The van der Waals surface area contributed by atoms with Gasteiger partial charge in [0.2, 0.25) is 0 Å². The maximum absolute atomic E-state index is 4.48. The first-order valence-corrected chi connectivity index (χ1v) is 4.81. The van der Waals surface area contributed by atoms with Gasteiger partial charge in [0.15, 0.2) is 0 Å². The van der Waals surface area contributed by atoms with Crippen LogP contribution in [0.4, 0.5) is 0 Å². The third kappa shape index (κ3) is 1.42. The van der Waals surface area contributed by atoms with Crippen LogP contribution >= 0.6 is 12.8 Å². The van der Waals surface area contributed by atoms with Crippen molar-refractivity contribution >= 4 is 12.8 Å². The summed E-state index contributed by atoms with van der Waals surface area (Å²) in [4.78, 5) is 2.42. The summed E-state index contributed by atoms with van der Waals surface area (Å²) in [6, 6.07) is 0.733. The van der Waals surface area contributed by atoms with E-state index >= 15 is 0 Å². The van der Waals surface area contributed by atoms with Gasteiger partial charge in [-0.1, -0.05) is 12.8 Å². The predicted molar refractivity (Wildman–Crippen MR) is 49.7 cm³/mol. The van der Waals surface area contributed by atoms with Gasteiger partial charge in [-0.15, -0.1) is 0 Å². The molecule has 0 aromatic rings. The molecule has 2 saturated heterocycles. The molecule has 2 rings (SSSR count). The minimum atomic E-state index is 0.733. The standard InChI is InChI=1S/C8H16N2S/c1-9-5-7-3-2-4-10(11)8(7)6-9/h7-8,11H,2-6H2,1H3. The normalized spacial score (nSPS) is 40.9. The molecule has 3 heteroatoms. The molecule has 2 aliphatic heterocycles. The molecule has 0 amide bonds. The molecule has 64 valence electrons. The van der Waals surface area contributed by atoms with Crippen molar-refractivity contribution in [2.45, 2.75) is 18.9 Å². The first kappa shape index (κ1) is 7.90. The zero-order chi connectivity index (χ0) is 7.84. The third-order valence-corrected chi connectivity index (χ3v) is 3.43. The second-order valence-corrected chi connectivity index (χ2v) is 4.37. The van der Waals surface area contributed by atoms with Gasteiger partial charge in [-0.3, -0.25) is 0 Å². The Balaban J connectivity index is 2.03. The highest BCUT2D eigenvalue weighted by Crippen LogP contribution is 2.30. The highest BCUT2D eigenvalue weighted by atomic mass is 32.1. The predicted octanol–water partition coefficient (Wildman–Crippen LogP) is 0.857. The molecular formula is C8H16N2S. The topological polar surface area (TPSA) is 6.48 Å². The van der Waals surface area contributed by atoms with Crippen molar-refractivity contribution in [3.05, 3.63) is 0 Å². The van der Waals surface area contributed by atoms with Crippen LogP contribution in [0.2, 0.25) is 0 Å². The first-order valence-electron chi connectivity index (χ1n) is 4.41. The van der Waals surface area contributed by atoms with Gasteiger partial charge < -0.3 is 4.90 Å². The van der Waals surface area contributed by atoms with Crippen LogP contribution in [0, 0.1) is 5.92 Å². The van der Waals surface area contributed by atoms with Crippen LogP contribution in [0.1, 0.15) is 12.8 Å². The molecule has 11 heavy (non-hydrogen) atoms. The largest absolute Gasteiger partial charge is 0.304 e. The van der Waals surface area contributed by atoms with Gasteiger partial charge in [-0.2, -0.15) is 0 Å². The Bertz CT molecular complexity index is 151. The second-order valence-electron chi connectivity index (χ2n) is 3.85. The maximum atomic E-state index is 4.48. The fourth-order valence-corrected chi connectivity index (χ4v) is 2.77. The Morgan fingerprint density at radius 2 is 2.18 bits per heavy atom. The van der Waals surface area contributed by atoms with Crippen LogP contribution in [-0.2, 0) is 0 Å². The van der Waals surface area contributed by atoms with E-state index in [1.807, 2.05) is 0 Å². The Labute approximate surface area is 74.1 Å². The summed E-state index contributed by atoms with van der Waals surface area (Å²) in [5.74, 6) is 0.895. The van der Waals surface area contributed by atoms with Gasteiger partial charge in [0.1, 0.15) is 0 Å². The molecule has 2 nitrogen and oxygen atoms in total. The highest BCUT2D eigenvalue weighted by molar-refractivity contribution is 7.77. The molecule has 0 aliphatic carbocycles. The molecule has 2 unspecified atom stereocenters. The third-order valence-electron chi connectivity index (χ3n) is 2.93. The summed E-state index contributed by atoms with van der Waals surface area (Å²) in [7, 11) is 2.21. The monoisotopic (exact) mass is 172 g/mol. The fourth-order valence-electron chi connectivity index (χ4n) is 2.37. The Hall–Kier alpha value is 0.270. The number of piperidine rings is 1. The SMILES string of the molecule is CN1CC2CCCN(S)C2C1. The van der Waals surface area contributed by atoms with Gasteiger partial charge >= 0.3 is 0 Å². The lowest BCUT2D eigenvalue weighted by Crippen LogP contribution is -2.39. The van der Waals surface area contributed by atoms with Gasteiger partial charge in [0.05, 0.1) is 0 Å². The molecular weight excluding hydrogens is 156 g/mol. The number of hydrogen-bond donors (Lipinski definition) is 1. The van der Waals surface area contributed by atoms with Crippen molar-refractivity contribution in [3.8, 4) is 0 Å². The Morgan fingerprint density at radius 3 is 2.91 bits per heavy atom. The van der Waals surface area contributed by atoms with Crippen molar-refractivity contribution in [1.29, 1.82) is 0 Å². The summed E-state index contributed by atoms with van der Waals surface area (Å²) in [5.41, 5.74) is 0. The van der Waals surface area contributed by atoms with E-state index in [0.717, 1.165) is 12.0 Å². The van der Waals surface area contributed by atoms with Crippen LogP contribution in [0.5, 0.6) is 0 Å². The van der Waals surface area contributed by atoms with Crippen LogP contribution in [0.15, 0.2) is 0 Å². The van der Waals surface area contributed by atoms with Gasteiger partial charge in [0, 0.05) is 25.7 Å². The molecule has 2 aliphatic rings. The number of likely N-dealkylation sites (N-methyl/N-ethyl adjacent to an activating group) is 1. The van der Waals surface area contributed by atoms with Gasteiger partial charge in [0.25, 0.3) is 0 Å². The summed E-state index contributed by atoms with van der Waals surface area (Å²) in [5, 5.41) is 0. The summed E-state index contributed by atoms with van der Waals surface area (Å²) in [6.07, 6.45) is 2.74. The van der Waals surface area contributed by atoms with Crippen molar-refractivity contribution in [2.75, 3.05) is 26.7 Å². The lowest BCUT2D eigenvalue weighted by Gasteiger charge is -2.32. The molecule has 0 aromatic heterocycles. The summed E-state index contributed by atoms with van der Waals surface area (Å²) >= 11 is 4.48. The summed E-state index contributed by atoms with van der Waals surface area (Å²) < 4.78 is 2.23. The molecule has 2 atom stereocenters. The average molecular weight is 172 g/mol. The van der Waals surface area contributed by atoms with Gasteiger partial charge in [-0.05, 0) is 25.8 Å². The molecule has 0 radical (unpaired) electrons. The minimum absolute atomic E-state index is 0.733. The van der Waals surface area contributed by atoms with E-state index in [4.69, 9.17) is 0 Å². The van der Waals surface area contributed by atoms with Crippen molar-refractivity contribution < 1.29 is 0 Å². The fraction of sp³-hybridized carbons (Fsp3) is 1.00. The van der Waals surface area contributed by atoms with Crippen molar-refractivity contribution in [1.82, 2.24) is 9.21 Å². The molecule has 2 heterocycles.